The van der Waals surface area contributed by atoms with Gasteiger partial charge in [0.15, 0.2) is 0 Å². The molecular weight excluding hydrogens is 514 g/mol. The lowest BCUT2D eigenvalue weighted by Crippen LogP contribution is -2.52. The molecule has 0 spiro atoms. The molecule has 0 aromatic carbocycles. The smallest absolute Gasteiger partial charge is 0.246 e. The number of nitrogens with zero attached hydrogens (tertiary/aromatic N) is 5. The number of hydrogen-bond acceptors (Lipinski definition) is 6. The van der Waals surface area contributed by atoms with Crippen LogP contribution in [0.15, 0.2) is 21.6 Å². The van der Waals surface area contributed by atoms with Crippen LogP contribution in [-0.2, 0) is 10.0 Å². The van der Waals surface area contributed by atoms with Gasteiger partial charge in [-0.2, -0.15) is 4.31 Å². The van der Waals surface area contributed by atoms with Gasteiger partial charge in [-0.1, -0.05) is 6.92 Å². The number of pyridine rings is 1. The first kappa shape index (κ1) is 24.9. The highest BCUT2D eigenvalue weighted by atomic mass is 79.9. The Hall–Kier alpha value is -0.740. The summed E-state index contributed by atoms with van der Waals surface area (Å²) in [5, 5.41) is 0. The highest BCUT2D eigenvalue weighted by Gasteiger charge is 2.38. The molecule has 0 bridgehead atoms. The molecule has 1 aromatic rings. The van der Waals surface area contributed by atoms with Crippen LogP contribution < -0.4 is 4.90 Å². The zero-order valence-electron chi connectivity index (χ0n) is 20.5. The molecule has 0 N–H and O–H groups in total. The minimum atomic E-state index is -3.58. The van der Waals surface area contributed by atoms with Crippen LogP contribution in [-0.4, -0.2) is 92.5 Å². The van der Waals surface area contributed by atoms with Gasteiger partial charge in [-0.3, -0.25) is 4.90 Å². The van der Waals surface area contributed by atoms with Gasteiger partial charge in [0, 0.05) is 56.0 Å². The predicted octanol–water partition coefficient (Wildman–Crippen LogP) is 3.65. The first-order valence-electron chi connectivity index (χ1n) is 13.3. The second-order valence-corrected chi connectivity index (χ2v) is 13.5. The van der Waals surface area contributed by atoms with E-state index in [4.69, 9.17) is 0 Å². The van der Waals surface area contributed by atoms with Crippen LogP contribution in [0.4, 0.5) is 5.82 Å². The van der Waals surface area contributed by atoms with E-state index in [9.17, 15) is 8.42 Å². The summed E-state index contributed by atoms with van der Waals surface area (Å²) < 4.78 is 30.0. The zero-order valence-corrected chi connectivity index (χ0v) is 22.9. The van der Waals surface area contributed by atoms with Crippen molar-refractivity contribution in [3.8, 4) is 0 Å². The Labute approximate surface area is 214 Å². The fourth-order valence-electron chi connectivity index (χ4n) is 6.00. The Bertz CT molecular complexity index is 949. The number of hydrogen-bond donors (Lipinski definition) is 0. The van der Waals surface area contributed by atoms with Gasteiger partial charge in [-0.05, 0) is 98.4 Å². The summed E-state index contributed by atoms with van der Waals surface area (Å²) in [6, 6.07) is 2.13. The summed E-state index contributed by atoms with van der Waals surface area (Å²) in [7, 11) is -3.58. The van der Waals surface area contributed by atoms with Crippen molar-refractivity contribution < 1.29 is 8.42 Å². The molecule has 3 aliphatic heterocycles. The number of sulfonamides is 1. The van der Waals surface area contributed by atoms with Crippen molar-refractivity contribution in [3.05, 3.63) is 16.7 Å². The topological polar surface area (TPSA) is 60.0 Å². The minimum Gasteiger partial charge on any atom is -0.355 e. The molecule has 9 heteroatoms. The molecule has 1 aliphatic carbocycles. The van der Waals surface area contributed by atoms with Gasteiger partial charge in [-0.25, -0.2) is 13.4 Å². The van der Waals surface area contributed by atoms with E-state index in [1.807, 2.05) is 0 Å². The maximum Gasteiger partial charge on any atom is 0.246 e. The first-order chi connectivity index (χ1) is 16.4. The number of piperidine rings is 1. The highest BCUT2D eigenvalue weighted by Crippen LogP contribution is 2.34. The summed E-state index contributed by atoms with van der Waals surface area (Å²) in [5.74, 6) is 2.30. The molecule has 1 aromatic heterocycles. The van der Waals surface area contributed by atoms with Crippen LogP contribution in [0.2, 0.25) is 0 Å². The summed E-state index contributed by atoms with van der Waals surface area (Å²) >= 11 is 3.48. The van der Waals surface area contributed by atoms with Gasteiger partial charge in [0.2, 0.25) is 10.0 Å². The van der Waals surface area contributed by atoms with Crippen molar-refractivity contribution in [2.75, 3.05) is 63.8 Å². The third-order valence-corrected chi connectivity index (χ3v) is 10.7. The fourth-order valence-corrected chi connectivity index (χ4v) is 8.14. The first-order valence-corrected chi connectivity index (χ1v) is 15.5. The molecule has 0 amide bonds. The van der Waals surface area contributed by atoms with Crippen molar-refractivity contribution in [1.82, 2.24) is 19.1 Å². The second kappa shape index (κ2) is 10.7. The molecule has 4 aliphatic rings. The molecule has 7 nitrogen and oxygen atoms in total. The third-order valence-electron chi connectivity index (χ3n) is 8.40. The van der Waals surface area contributed by atoms with E-state index in [2.05, 4.69) is 42.5 Å². The van der Waals surface area contributed by atoms with Crippen molar-refractivity contribution >= 4 is 31.8 Å². The van der Waals surface area contributed by atoms with Crippen molar-refractivity contribution in [2.45, 2.75) is 62.8 Å². The molecule has 34 heavy (non-hydrogen) atoms. The minimum absolute atomic E-state index is 0.366. The van der Waals surface area contributed by atoms with E-state index in [0.29, 0.717) is 29.8 Å². The van der Waals surface area contributed by atoms with Gasteiger partial charge >= 0.3 is 0 Å². The van der Waals surface area contributed by atoms with Crippen LogP contribution in [0, 0.1) is 11.8 Å². The Morgan fingerprint density at radius 3 is 2.59 bits per heavy atom. The number of anilines is 1. The van der Waals surface area contributed by atoms with Crippen LogP contribution in [0.3, 0.4) is 0 Å². The normalized spacial score (nSPS) is 25.3. The molecule has 4 fully saturated rings. The number of halogens is 1. The maximum absolute atomic E-state index is 13.8. The molecule has 5 rings (SSSR count). The Kier molecular flexibility index (Phi) is 7.85. The predicted molar refractivity (Wildman–Crippen MR) is 140 cm³/mol. The van der Waals surface area contributed by atoms with E-state index >= 15 is 0 Å². The molecule has 1 unspecified atom stereocenters. The van der Waals surface area contributed by atoms with E-state index in [-0.39, 0.29) is 0 Å². The highest BCUT2D eigenvalue weighted by molar-refractivity contribution is 9.10. The van der Waals surface area contributed by atoms with Crippen molar-refractivity contribution in [3.63, 3.8) is 0 Å². The Morgan fingerprint density at radius 1 is 1.06 bits per heavy atom. The number of piperazine rings is 1. The second-order valence-electron chi connectivity index (χ2n) is 10.7. The van der Waals surface area contributed by atoms with Crippen LogP contribution in [0.1, 0.15) is 51.9 Å². The maximum atomic E-state index is 13.8. The van der Waals surface area contributed by atoms with E-state index < -0.39 is 10.0 Å². The van der Waals surface area contributed by atoms with E-state index in [1.54, 1.807) is 16.6 Å². The molecule has 4 heterocycles. The molecule has 190 valence electrons. The number of rotatable bonds is 9. The van der Waals surface area contributed by atoms with Crippen molar-refractivity contribution in [1.29, 1.82) is 0 Å². The fraction of sp³-hybridized carbons (Fsp3) is 0.800. The molecule has 3 saturated heterocycles. The third kappa shape index (κ3) is 5.64. The lowest BCUT2D eigenvalue weighted by molar-refractivity contribution is 0.158. The standard InChI is InChI=1S/C25H40BrN5O2S/c1-2-28(18-21-5-6-21)11-7-20-8-12-30(13-9-20)25-24(16-22(26)17-27-25)34(32,33)31-15-14-29-10-3-4-23(29)19-31/h16-17,20-21,23H,2-15,18-19H2,1H3. The average Bonchev–Trinajstić information content (AvgIpc) is 3.54. The van der Waals surface area contributed by atoms with Gasteiger partial charge < -0.3 is 9.80 Å². The quantitative estimate of drug-likeness (QED) is 0.465. The monoisotopic (exact) mass is 553 g/mol. The molecular formula is C25H40BrN5O2S. The van der Waals surface area contributed by atoms with E-state index in [0.717, 1.165) is 68.3 Å². The summed E-state index contributed by atoms with van der Waals surface area (Å²) in [6.07, 6.45) is 10.3. The van der Waals surface area contributed by atoms with E-state index in [1.165, 1.54) is 38.8 Å². The van der Waals surface area contributed by atoms with Crippen LogP contribution in [0.25, 0.3) is 0 Å². The average molecular weight is 555 g/mol. The van der Waals surface area contributed by atoms with Gasteiger partial charge in [0.1, 0.15) is 10.7 Å². The Morgan fingerprint density at radius 2 is 1.85 bits per heavy atom. The van der Waals surface area contributed by atoms with Crippen LogP contribution >= 0.6 is 15.9 Å². The summed E-state index contributed by atoms with van der Waals surface area (Å²) in [6.45, 7) is 10.8. The van der Waals surface area contributed by atoms with Crippen molar-refractivity contribution in [2.24, 2.45) is 11.8 Å². The van der Waals surface area contributed by atoms with Gasteiger partial charge in [0.05, 0.1) is 0 Å². The molecule has 1 atom stereocenters. The summed E-state index contributed by atoms with van der Waals surface area (Å²) in [5.41, 5.74) is 0. The molecule has 1 saturated carbocycles. The summed E-state index contributed by atoms with van der Waals surface area (Å²) in [4.78, 5) is 12.3. The molecule has 0 radical (unpaired) electrons. The zero-order chi connectivity index (χ0) is 23.7. The number of aromatic nitrogens is 1. The van der Waals surface area contributed by atoms with Crippen LogP contribution in [0.5, 0.6) is 0 Å². The Balaban J connectivity index is 1.23. The SMILES string of the molecule is CCN(CCC1CCN(c2ncc(Br)cc2S(=O)(=O)N2CCN3CCCC3C2)CC1)CC1CC1. The number of fused-ring (bicyclic) bond motifs is 1. The largest absolute Gasteiger partial charge is 0.355 e. The lowest BCUT2D eigenvalue weighted by Gasteiger charge is -2.38. The van der Waals surface area contributed by atoms with Gasteiger partial charge in [0.25, 0.3) is 0 Å². The van der Waals surface area contributed by atoms with Gasteiger partial charge in [-0.15, -0.1) is 0 Å². The lowest BCUT2D eigenvalue weighted by atomic mass is 9.93.